The first-order chi connectivity index (χ1) is 10.6. The quantitative estimate of drug-likeness (QED) is 0.343. The lowest BCUT2D eigenvalue weighted by atomic mass is 10.2. The smallest absolute Gasteiger partial charge is 0.191 e. The molecule has 0 fully saturated rings. The number of aryl methyl sites for hydroxylation is 1. The maximum Gasteiger partial charge on any atom is 0.191 e. The molecule has 0 bridgehead atoms. The third kappa shape index (κ3) is 8.85. The Balaban J connectivity index is 0.00000484. The van der Waals surface area contributed by atoms with Gasteiger partial charge in [0.2, 0.25) is 0 Å². The maximum absolute atomic E-state index is 4.44. The second kappa shape index (κ2) is 12.9. The van der Waals surface area contributed by atoms with E-state index in [4.69, 9.17) is 0 Å². The molecule has 5 nitrogen and oxygen atoms in total. The van der Waals surface area contributed by atoms with E-state index in [1.165, 1.54) is 16.3 Å². The highest BCUT2D eigenvalue weighted by molar-refractivity contribution is 14.0. The van der Waals surface area contributed by atoms with E-state index in [-0.39, 0.29) is 24.0 Å². The minimum Gasteiger partial charge on any atom is -0.356 e. The number of likely N-dealkylation sites (N-methyl/N-ethyl adjacent to an activating group) is 1. The van der Waals surface area contributed by atoms with Gasteiger partial charge in [0, 0.05) is 50.2 Å². The van der Waals surface area contributed by atoms with Crippen molar-refractivity contribution >= 4 is 41.3 Å². The Kier molecular flexibility index (Phi) is 12.7. The lowest BCUT2D eigenvalue weighted by Crippen LogP contribution is -2.42. The molecule has 0 saturated heterocycles. The van der Waals surface area contributed by atoms with Gasteiger partial charge in [0.05, 0.1) is 5.01 Å². The first-order valence-corrected chi connectivity index (χ1v) is 9.00. The Hall–Kier alpha value is -0.410. The van der Waals surface area contributed by atoms with Crippen molar-refractivity contribution in [2.75, 3.05) is 33.7 Å². The molecule has 0 saturated carbocycles. The van der Waals surface area contributed by atoms with Gasteiger partial charge in [-0.15, -0.1) is 35.3 Å². The highest BCUT2D eigenvalue weighted by Crippen LogP contribution is 2.13. The van der Waals surface area contributed by atoms with E-state index in [9.17, 15) is 0 Å². The topological polar surface area (TPSA) is 52.6 Å². The van der Waals surface area contributed by atoms with E-state index in [2.05, 4.69) is 53.3 Å². The summed E-state index contributed by atoms with van der Waals surface area (Å²) in [4.78, 5) is 12.4. The van der Waals surface area contributed by atoms with Gasteiger partial charge in [-0.3, -0.25) is 4.99 Å². The first kappa shape index (κ1) is 22.6. The molecule has 0 aliphatic carbocycles. The SMILES string of the molecule is CCc1cnc(CCNC(=NC)NCCN(C)C(C)CC)s1.I. The fourth-order valence-electron chi connectivity index (χ4n) is 2.02. The third-order valence-electron chi connectivity index (χ3n) is 3.91. The summed E-state index contributed by atoms with van der Waals surface area (Å²) < 4.78 is 0. The predicted molar refractivity (Wildman–Crippen MR) is 112 cm³/mol. The number of hydrogen-bond acceptors (Lipinski definition) is 4. The summed E-state index contributed by atoms with van der Waals surface area (Å²) >= 11 is 1.80. The van der Waals surface area contributed by atoms with Gasteiger partial charge in [-0.25, -0.2) is 4.98 Å². The van der Waals surface area contributed by atoms with Crippen molar-refractivity contribution in [2.45, 2.75) is 46.1 Å². The van der Waals surface area contributed by atoms with E-state index in [1.807, 2.05) is 13.2 Å². The molecule has 1 heterocycles. The summed E-state index contributed by atoms with van der Waals surface area (Å²) in [6, 6.07) is 0.620. The molecule has 1 atom stereocenters. The van der Waals surface area contributed by atoms with Crippen molar-refractivity contribution in [1.29, 1.82) is 0 Å². The minimum atomic E-state index is 0. The standard InChI is InChI=1S/C16H31N5S.HI/c1-6-13(3)21(5)11-10-19-16(17-4)18-9-8-15-20-12-14(7-2)22-15;/h12-13H,6-11H2,1-5H3,(H2,17,18,19);1H. The Bertz CT molecular complexity index is 449. The van der Waals surface area contributed by atoms with Crippen LogP contribution in [-0.2, 0) is 12.8 Å². The molecule has 2 N–H and O–H groups in total. The second-order valence-electron chi connectivity index (χ2n) is 5.49. The minimum absolute atomic E-state index is 0. The summed E-state index contributed by atoms with van der Waals surface area (Å²) in [6.07, 6.45) is 5.17. The van der Waals surface area contributed by atoms with Crippen LogP contribution in [0.4, 0.5) is 0 Å². The van der Waals surface area contributed by atoms with E-state index >= 15 is 0 Å². The Morgan fingerprint density at radius 2 is 2.04 bits per heavy atom. The van der Waals surface area contributed by atoms with Crippen LogP contribution in [0.2, 0.25) is 0 Å². The number of halogens is 1. The van der Waals surface area contributed by atoms with Gasteiger partial charge in [0.15, 0.2) is 5.96 Å². The van der Waals surface area contributed by atoms with E-state index < -0.39 is 0 Å². The molecule has 0 aliphatic heterocycles. The largest absolute Gasteiger partial charge is 0.356 e. The van der Waals surface area contributed by atoms with Crippen molar-refractivity contribution in [1.82, 2.24) is 20.5 Å². The van der Waals surface area contributed by atoms with Crippen LogP contribution in [-0.4, -0.2) is 55.6 Å². The summed E-state index contributed by atoms with van der Waals surface area (Å²) in [6.45, 7) is 9.42. The van der Waals surface area contributed by atoms with Gasteiger partial charge in [-0.05, 0) is 26.8 Å². The normalized spacial score (nSPS) is 12.9. The molecule has 1 rings (SSSR count). The van der Waals surface area contributed by atoms with Gasteiger partial charge in [-0.2, -0.15) is 0 Å². The average molecular weight is 453 g/mol. The third-order valence-corrected chi connectivity index (χ3v) is 5.11. The monoisotopic (exact) mass is 453 g/mol. The van der Waals surface area contributed by atoms with Crippen molar-refractivity contribution in [2.24, 2.45) is 4.99 Å². The highest BCUT2D eigenvalue weighted by atomic mass is 127. The van der Waals surface area contributed by atoms with Gasteiger partial charge in [-0.1, -0.05) is 13.8 Å². The number of hydrogen-bond donors (Lipinski definition) is 2. The van der Waals surface area contributed by atoms with Crippen LogP contribution in [0.3, 0.4) is 0 Å². The van der Waals surface area contributed by atoms with Crippen LogP contribution in [0.25, 0.3) is 0 Å². The van der Waals surface area contributed by atoms with Crippen LogP contribution >= 0.6 is 35.3 Å². The number of thiazole rings is 1. The molecule has 23 heavy (non-hydrogen) atoms. The number of aliphatic imine (C=N–C) groups is 1. The highest BCUT2D eigenvalue weighted by Gasteiger charge is 2.06. The zero-order chi connectivity index (χ0) is 16.4. The molecule has 0 aromatic carbocycles. The molecule has 0 radical (unpaired) electrons. The van der Waals surface area contributed by atoms with E-state index in [0.29, 0.717) is 6.04 Å². The maximum atomic E-state index is 4.44. The summed E-state index contributed by atoms with van der Waals surface area (Å²) in [5.41, 5.74) is 0. The molecular formula is C16H32IN5S. The number of rotatable bonds is 9. The summed E-state index contributed by atoms with van der Waals surface area (Å²) in [5.74, 6) is 0.866. The number of nitrogens with one attached hydrogen (secondary N) is 2. The molecule has 1 aromatic heterocycles. The molecule has 7 heteroatoms. The van der Waals surface area contributed by atoms with Gasteiger partial charge in [0.25, 0.3) is 0 Å². The van der Waals surface area contributed by atoms with E-state index in [0.717, 1.165) is 38.4 Å². The predicted octanol–water partition coefficient (Wildman–Crippen LogP) is 2.76. The van der Waals surface area contributed by atoms with Crippen LogP contribution in [0, 0.1) is 0 Å². The van der Waals surface area contributed by atoms with Crippen LogP contribution in [0.15, 0.2) is 11.2 Å². The molecule has 1 aromatic rings. The lowest BCUT2D eigenvalue weighted by molar-refractivity contribution is 0.255. The van der Waals surface area contributed by atoms with Crippen LogP contribution < -0.4 is 10.6 Å². The summed E-state index contributed by atoms with van der Waals surface area (Å²) in [7, 11) is 3.98. The first-order valence-electron chi connectivity index (χ1n) is 8.19. The number of guanidine groups is 1. The Morgan fingerprint density at radius 3 is 2.61 bits per heavy atom. The molecule has 134 valence electrons. The number of nitrogens with zero attached hydrogens (tertiary/aromatic N) is 3. The van der Waals surface area contributed by atoms with Crippen molar-refractivity contribution in [3.8, 4) is 0 Å². The van der Waals surface area contributed by atoms with Crippen LogP contribution in [0.1, 0.15) is 37.1 Å². The van der Waals surface area contributed by atoms with Crippen LogP contribution in [0.5, 0.6) is 0 Å². The number of aromatic nitrogens is 1. The second-order valence-corrected chi connectivity index (χ2v) is 6.69. The average Bonchev–Trinajstić information content (AvgIpc) is 3.00. The van der Waals surface area contributed by atoms with Crippen molar-refractivity contribution in [3.63, 3.8) is 0 Å². The summed E-state index contributed by atoms with van der Waals surface area (Å²) in [5, 5.41) is 7.90. The fraction of sp³-hybridized carbons (Fsp3) is 0.750. The van der Waals surface area contributed by atoms with Gasteiger partial charge >= 0.3 is 0 Å². The Morgan fingerprint density at radius 1 is 1.35 bits per heavy atom. The zero-order valence-electron chi connectivity index (χ0n) is 15.1. The molecule has 0 spiro atoms. The van der Waals surface area contributed by atoms with Crippen molar-refractivity contribution < 1.29 is 0 Å². The van der Waals surface area contributed by atoms with Gasteiger partial charge < -0.3 is 15.5 Å². The molecule has 1 unspecified atom stereocenters. The molecule has 0 amide bonds. The zero-order valence-corrected chi connectivity index (χ0v) is 18.2. The van der Waals surface area contributed by atoms with Crippen molar-refractivity contribution in [3.05, 3.63) is 16.1 Å². The fourth-order valence-corrected chi connectivity index (χ4v) is 2.88. The Labute approximate surface area is 162 Å². The molecule has 0 aliphatic rings. The van der Waals surface area contributed by atoms with E-state index in [1.54, 1.807) is 11.3 Å². The molecular weight excluding hydrogens is 421 g/mol. The van der Waals surface area contributed by atoms with Gasteiger partial charge in [0.1, 0.15) is 0 Å². The lowest BCUT2D eigenvalue weighted by Gasteiger charge is -2.23.